The van der Waals surface area contributed by atoms with Gasteiger partial charge < -0.3 is 14.6 Å². The van der Waals surface area contributed by atoms with E-state index in [0.29, 0.717) is 11.6 Å². The Kier molecular flexibility index (Phi) is 6.06. The number of benzene rings is 1. The fourth-order valence-electron chi connectivity index (χ4n) is 4.05. The van der Waals surface area contributed by atoms with Gasteiger partial charge in [0.2, 0.25) is 5.91 Å². The number of nitrogens with zero attached hydrogens (tertiary/aromatic N) is 1. The Morgan fingerprint density at radius 2 is 1.97 bits per heavy atom. The highest BCUT2D eigenvalue weighted by atomic mass is 35.5. The Hall–Kier alpha value is -2.41. The summed E-state index contributed by atoms with van der Waals surface area (Å²) in [4.78, 5) is 27.3. The molecule has 1 aliphatic rings. The molecule has 1 aliphatic heterocycles. The van der Waals surface area contributed by atoms with Crippen molar-refractivity contribution >= 4 is 28.8 Å². The van der Waals surface area contributed by atoms with E-state index in [2.05, 4.69) is 19.2 Å². The highest BCUT2D eigenvalue weighted by Crippen LogP contribution is 2.50. The number of nitrogens with one attached hydrogen (secondary N) is 1. The van der Waals surface area contributed by atoms with Gasteiger partial charge in [-0.05, 0) is 49.6 Å². The first-order chi connectivity index (χ1) is 14.8. The minimum Gasteiger partial charge on any atom is -0.360 e. The van der Waals surface area contributed by atoms with E-state index in [1.807, 2.05) is 37.4 Å². The summed E-state index contributed by atoms with van der Waals surface area (Å²) in [6.07, 6.45) is 1.09. The van der Waals surface area contributed by atoms with E-state index >= 15 is 0 Å². The van der Waals surface area contributed by atoms with Crippen molar-refractivity contribution in [3.05, 3.63) is 79.0 Å². The van der Waals surface area contributed by atoms with E-state index < -0.39 is 6.10 Å². The summed E-state index contributed by atoms with van der Waals surface area (Å²) in [6, 6.07) is 9.22. The SMILES string of the molecule is CCNC(=O)C[C@H]1OC(c2ccc(Cl)cc2)c2c(sc(C)c2C)-c2cn(C)c(=O)cc21. The van der Waals surface area contributed by atoms with E-state index in [-0.39, 0.29) is 24.0 Å². The predicted molar refractivity (Wildman–Crippen MR) is 125 cm³/mol. The van der Waals surface area contributed by atoms with Crippen molar-refractivity contribution in [2.24, 2.45) is 7.05 Å². The van der Waals surface area contributed by atoms with Gasteiger partial charge in [0.15, 0.2) is 0 Å². The molecule has 0 aliphatic carbocycles. The number of hydrogen-bond donors (Lipinski definition) is 1. The van der Waals surface area contributed by atoms with E-state index in [1.165, 1.54) is 10.4 Å². The van der Waals surface area contributed by atoms with E-state index in [4.69, 9.17) is 16.3 Å². The third-order valence-corrected chi connectivity index (χ3v) is 7.27. The summed E-state index contributed by atoms with van der Waals surface area (Å²) < 4.78 is 8.23. The number of carbonyl (C=O) groups is 1. The van der Waals surface area contributed by atoms with Gasteiger partial charge in [-0.25, -0.2) is 0 Å². The van der Waals surface area contributed by atoms with Crippen molar-refractivity contribution in [3.8, 4) is 10.4 Å². The largest absolute Gasteiger partial charge is 0.360 e. The van der Waals surface area contributed by atoms with Gasteiger partial charge in [-0.3, -0.25) is 9.59 Å². The fourth-order valence-corrected chi connectivity index (χ4v) is 5.39. The molecule has 0 bridgehead atoms. The molecule has 4 rings (SSSR count). The zero-order valence-electron chi connectivity index (χ0n) is 18.0. The monoisotopic (exact) mass is 456 g/mol. The van der Waals surface area contributed by atoms with Crippen LogP contribution in [-0.2, 0) is 16.6 Å². The topological polar surface area (TPSA) is 60.3 Å². The number of pyridine rings is 1. The summed E-state index contributed by atoms with van der Waals surface area (Å²) in [5, 5.41) is 3.50. The zero-order valence-corrected chi connectivity index (χ0v) is 19.6. The van der Waals surface area contributed by atoms with Crippen LogP contribution >= 0.6 is 22.9 Å². The quantitative estimate of drug-likeness (QED) is 0.596. The van der Waals surface area contributed by atoms with Crippen molar-refractivity contribution in [1.29, 1.82) is 0 Å². The number of aromatic nitrogens is 1. The van der Waals surface area contributed by atoms with Gasteiger partial charge in [0, 0.05) is 51.8 Å². The Morgan fingerprint density at radius 1 is 1.26 bits per heavy atom. The molecule has 162 valence electrons. The molecular formula is C24H25ClN2O3S. The van der Waals surface area contributed by atoms with Crippen LogP contribution in [0.3, 0.4) is 0 Å². The lowest BCUT2D eigenvalue weighted by molar-refractivity contribution is -0.124. The number of amides is 1. The second-order valence-electron chi connectivity index (χ2n) is 7.83. The van der Waals surface area contributed by atoms with Gasteiger partial charge in [0.05, 0.1) is 12.5 Å². The molecule has 0 spiro atoms. The molecule has 2 aromatic heterocycles. The van der Waals surface area contributed by atoms with Crippen LogP contribution in [0.4, 0.5) is 0 Å². The number of fused-ring (bicyclic) bond motifs is 3. The highest BCUT2D eigenvalue weighted by Gasteiger charge is 2.35. The van der Waals surface area contributed by atoms with Crippen molar-refractivity contribution < 1.29 is 9.53 Å². The first-order valence-corrected chi connectivity index (χ1v) is 11.5. The Labute approximate surface area is 190 Å². The van der Waals surface area contributed by atoms with Gasteiger partial charge in [0.1, 0.15) is 6.10 Å². The average Bonchev–Trinajstić information content (AvgIpc) is 2.95. The summed E-state index contributed by atoms with van der Waals surface area (Å²) in [5.41, 5.74) is 4.80. The normalized spacial score (nSPS) is 17.6. The molecule has 0 fully saturated rings. The number of carbonyl (C=O) groups excluding carboxylic acids is 1. The Balaban J connectivity index is 1.95. The molecule has 1 N–H and O–H groups in total. The molecule has 31 heavy (non-hydrogen) atoms. The molecule has 0 saturated heterocycles. The lowest BCUT2D eigenvalue weighted by Gasteiger charge is -2.24. The summed E-state index contributed by atoms with van der Waals surface area (Å²) in [6.45, 7) is 6.63. The average molecular weight is 457 g/mol. The second-order valence-corrected chi connectivity index (χ2v) is 9.49. The van der Waals surface area contributed by atoms with Gasteiger partial charge in [-0.1, -0.05) is 23.7 Å². The standard InChI is InChI=1S/C24H25ClN2O3S/c1-5-26-20(28)11-19-17-10-21(29)27(4)12-18(17)24-22(13(2)14(3)31-24)23(30-19)15-6-8-16(25)9-7-15/h6-10,12,19,23H,5,11H2,1-4H3,(H,26,28)/t19-,23?/m1/s1. The third kappa shape index (κ3) is 4.07. The van der Waals surface area contributed by atoms with Gasteiger partial charge in [0.25, 0.3) is 5.56 Å². The van der Waals surface area contributed by atoms with Crippen LogP contribution in [0.2, 0.25) is 5.02 Å². The van der Waals surface area contributed by atoms with Crippen molar-refractivity contribution in [3.63, 3.8) is 0 Å². The molecule has 1 unspecified atom stereocenters. The van der Waals surface area contributed by atoms with Gasteiger partial charge in [-0.15, -0.1) is 11.3 Å². The molecule has 3 aromatic rings. The van der Waals surface area contributed by atoms with Crippen molar-refractivity contribution in [1.82, 2.24) is 9.88 Å². The summed E-state index contributed by atoms with van der Waals surface area (Å²) >= 11 is 7.83. The van der Waals surface area contributed by atoms with Crippen molar-refractivity contribution in [2.45, 2.75) is 39.4 Å². The van der Waals surface area contributed by atoms with Gasteiger partial charge >= 0.3 is 0 Å². The maximum Gasteiger partial charge on any atom is 0.250 e. The number of aryl methyl sites for hydroxylation is 2. The number of ether oxygens (including phenoxy) is 1. The van der Waals surface area contributed by atoms with Crippen LogP contribution in [0.15, 0.2) is 41.3 Å². The number of rotatable bonds is 4. The summed E-state index contributed by atoms with van der Waals surface area (Å²) in [7, 11) is 1.75. The maximum atomic E-state index is 12.5. The first kappa shape index (κ1) is 21.8. The lowest BCUT2D eigenvalue weighted by Crippen LogP contribution is -2.26. The Bertz CT molecular complexity index is 1200. The summed E-state index contributed by atoms with van der Waals surface area (Å²) in [5.74, 6) is -0.104. The molecule has 5 nitrogen and oxygen atoms in total. The predicted octanol–water partition coefficient (Wildman–Crippen LogP) is 5.07. The maximum absolute atomic E-state index is 12.5. The first-order valence-electron chi connectivity index (χ1n) is 10.3. The second kappa shape index (κ2) is 8.61. The lowest BCUT2D eigenvalue weighted by atomic mass is 9.95. The van der Waals surface area contributed by atoms with E-state index in [0.717, 1.165) is 27.1 Å². The van der Waals surface area contributed by atoms with Crippen LogP contribution in [0.1, 0.15) is 52.7 Å². The molecule has 1 amide bonds. The highest BCUT2D eigenvalue weighted by molar-refractivity contribution is 7.15. The Morgan fingerprint density at radius 3 is 2.65 bits per heavy atom. The molecule has 3 heterocycles. The minimum absolute atomic E-state index is 0.104. The van der Waals surface area contributed by atoms with Crippen LogP contribution in [-0.4, -0.2) is 17.0 Å². The van der Waals surface area contributed by atoms with Crippen LogP contribution < -0.4 is 10.9 Å². The molecule has 7 heteroatoms. The molecule has 0 saturated carbocycles. The fraction of sp³-hybridized carbons (Fsp3) is 0.333. The number of hydrogen-bond acceptors (Lipinski definition) is 4. The molecule has 1 aromatic carbocycles. The third-order valence-electron chi connectivity index (χ3n) is 5.76. The van der Waals surface area contributed by atoms with Crippen LogP contribution in [0.25, 0.3) is 10.4 Å². The van der Waals surface area contributed by atoms with Crippen LogP contribution in [0, 0.1) is 13.8 Å². The van der Waals surface area contributed by atoms with Crippen molar-refractivity contribution in [2.75, 3.05) is 6.54 Å². The minimum atomic E-state index is -0.546. The van der Waals surface area contributed by atoms with Gasteiger partial charge in [-0.2, -0.15) is 0 Å². The molecule has 0 radical (unpaired) electrons. The van der Waals surface area contributed by atoms with E-state index in [9.17, 15) is 9.59 Å². The smallest absolute Gasteiger partial charge is 0.250 e. The van der Waals surface area contributed by atoms with E-state index in [1.54, 1.807) is 29.0 Å². The molecular weight excluding hydrogens is 432 g/mol. The van der Waals surface area contributed by atoms with Crippen LogP contribution in [0.5, 0.6) is 0 Å². The molecule has 2 atom stereocenters. The zero-order chi connectivity index (χ0) is 22.3. The number of halogens is 1. The number of thiophene rings is 1.